The van der Waals surface area contributed by atoms with Crippen molar-refractivity contribution in [2.45, 2.75) is 76.5 Å². The third-order valence-corrected chi connectivity index (χ3v) is 3.81. The Kier molecular flexibility index (Phi) is 14.0. The molecule has 0 radical (unpaired) electrons. The number of methoxy groups -OCH3 is 2. The number of nitrogens with two attached hydrogens (primary N) is 2. The summed E-state index contributed by atoms with van der Waals surface area (Å²) in [5, 5.41) is 21.7. The van der Waals surface area contributed by atoms with Crippen molar-refractivity contribution in [2.24, 2.45) is 11.5 Å². The predicted molar refractivity (Wildman–Crippen MR) is 94.8 cm³/mol. The summed E-state index contributed by atoms with van der Waals surface area (Å²) in [5.41, 5.74) is 10.7. The van der Waals surface area contributed by atoms with Crippen molar-refractivity contribution >= 4 is 5.91 Å². The number of halogens is 2. The number of hydrogen-bond acceptors (Lipinski definition) is 7. The summed E-state index contributed by atoms with van der Waals surface area (Å²) in [6.07, 6.45) is -5.21. The van der Waals surface area contributed by atoms with Gasteiger partial charge in [-0.25, -0.2) is 8.78 Å². The first-order valence-corrected chi connectivity index (χ1v) is 8.75. The van der Waals surface area contributed by atoms with E-state index in [2.05, 4.69) is 5.32 Å². The van der Waals surface area contributed by atoms with Crippen LogP contribution < -0.4 is 16.8 Å². The van der Waals surface area contributed by atoms with Crippen LogP contribution in [-0.4, -0.2) is 79.3 Å². The molecule has 0 heterocycles. The van der Waals surface area contributed by atoms with Crippen LogP contribution in [0.5, 0.6) is 0 Å². The predicted octanol–water partition coefficient (Wildman–Crippen LogP) is -0.400. The van der Waals surface area contributed by atoms with Gasteiger partial charge in [-0.3, -0.25) is 4.79 Å². The summed E-state index contributed by atoms with van der Waals surface area (Å²) in [4.78, 5) is 11.7. The van der Waals surface area contributed by atoms with Gasteiger partial charge >= 0.3 is 0 Å². The highest BCUT2D eigenvalue weighted by atomic mass is 19.3. The zero-order valence-corrected chi connectivity index (χ0v) is 16.4. The summed E-state index contributed by atoms with van der Waals surface area (Å²) >= 11 is 0. The van der Waals surface area contributed by atoms with E-state index in [1.54, 1.807) is 0 Å². The lowest BCUT2D eigenvalue weighted by atomic mass is 9.84. The van der Waals surface area contributed by atoms with E-state index in [0.717, 1.165) is 0 Å². The van der Waals surface area contributed by atoms with Crippen molar-refractivity contribution < 1.29 is 33.3 Å². The second kappa shape index (κ2) is 13.3. The summed E-state index contributed by atoms with van der Waals surface area (Å²) in [6, 6.07) is -1.54. The fourth-order valence-corrected chi connectivity index (χ4v) is 2.53. The van der Waals surface area contributed by atoms with E-state index in [9.17, 15) is 23.8 Å². The lowest BCUT2D eigenvalue weighted by Gasteiger charge is -2.42. The summed E-state index contributed by atoms with van der Waals surface area (Å²) in [5.74, 6) is -5.10. The van der Waals surface area contributed by atoms with Gasteiger partial charge in [-0.1, -0.05) is 27.7 Å². The van der Waals surface area contributed by atoms with Crippen LogP contribution in [0.4, 0.5) is 8.78 Å². The van der Waals surface area contributed by atoms with Gasteiger partial charge in [0, 0.05) is 20.3 Å². The van der Waals surface area contributed by atoms with E-state index in [0.29, 0.717) is 0 Å². The molecule has 10 heteroatoms. The van der Waals surface area contributed by atoms with Crippen molar-refractivity contribution in [1.29, 1.82) is 0 Å². The fourth-order valence-electron chi connectivity index (χ4n) is 2.53. The van der Waals surface area contributed by atoms with Crippen LogP contribution in [0.15, 0.2) is 0 Å². The zero-order valence-electron chi connectivity index (χ0n) is 16.4. The Morgan fingerprint density at radius 2 is 1.69 bits per heavy atom. The van der Waals surface area contributed by atoms with Crippen molar-refractivity contribution in [1.82, 2.24) is 5.32 Å². The molecule has 1 fully saturated rings. The highest BCUT2D eigenvalue weighted by Gasteiger charge is 2.47. The van der Waals surface area contributed by atoms with Crippen LogP contribution in [-0.2, 0) is 14.3 Å². The van der Waals surface area contributed by atoms with Crippen LogP contribution in [0.1, 0.15) is 34.1 Å². The maximum Gasteiger partial charge on any atom is 0.294 e. The molecule has 26 heavy (non-hydrogen) atoms. The van der Waals surface area contributed by atoms with E-state index < -0.39 is 54.9 Å². The molecule has 0 saturated heterocycles. The van der Waals surface area contributed by atoms with Gasteiger partial charge in [0.05, 0.1) is 12.6 Å². The van der Waals surface area contributed by atoms with Gasteiger partial charge in [0.25, 0.3) is 11.8 Å². The first-order valence-electron chi connectivity index (χ1n) is 8.75. The van der Waals surface area contributed by atoms with Crippen LogP contribution >= 0.6 is 0 Å². The second-order valence-electron chi connectivity index (χ2n) is 5.27. The topological polar surface area (TPSA) is 140 Å². The van der Waals surface area contributed by atoms with Gasteiger partial charge in [-0.2, -0.15) is 0 Å². The molecule has 0 aliphatic heterocycles. The smallest absolute Gasteiger partial charge is 0.294 e. The molecule has 1 rings (SSSR count). The molecular weight excluding hydrogens is 352 g/mol. The molecule has 0 bridgehead atoms. The van der Waals surface area contributed by atoms with Crippen LogP contribution in [0.2, 0.25) is 0 Å². The third-order valence-electron chi connectivity index (χ3n) is 3.81. The number of rotatable bonds is 6. The molecule has 1 aliphatic carbocycles. The van der Waals surface area contributed by atoms with E-state index in [1.165, 1.54) is 14.2 Å². The maximum atomic E-state index is 13.2. The molecule has 1 saturated carbocycles. The molecule has 0 aromatic heterocycles. The minimum Gasteiger partial charge on any atom is -0.388 e. The quantitative estimate of drug-likeness (QED) is 0.418. The van der Waals surface area contributed by atoms with Crippen LogP contribution in [0.25, 0.3) is 0 Å². The van der Waals surface area contributed by atoms with Crippen molar-refractivity contribution in [3.8, 4) is 0 Å². The van der Waals surface area contributed by atoms with Gasteiger partial charge in [-0.15, -0.1) is 0 Å². The lowest BCUT2D eigenvalue weighted by Crippen LogP contribution is -2.65. The number of alkyl halides is 2. The highest BCUT2D eigenvalue weighted by molar-refractivity contribution is 5.82. The van der Waals surface area contributed by atoms with Gasteiger partial charge in [-0.05, 0) is 6.42 Å². The second-order valence-corrected chi connectivity index (χ2v) is 5.27. The minimum atomic E-state index is -3.76. The average molecular weight is 387 g/mol. The largest absolute Gasteiger partial charge is 0.388 e. The Hall–Kier alpha value is -0.910. The van der Waals surface area contributed by atoms with Gasteiger partial charge < -0.3 is 36.5 Å². The Morgan fingerprint density at radius 3 is 2.08 bits per heavy atom. The molecular formula is C16H35F2N3O5. The summed E-state index contributed by atoms with van der Waals surface area (Å²) in [7, 11) is 2.72. The molecule has 0 aromatic rings. The number of ether oxygens (including phenoxy) is 2. The number of aliphatic hydroxyl groups is 2. The lowest BCUT2D eigenvalue weighted by molar-refractivity contribution is -0.160. The minimum absolute atomic E-state index is 0.0756. The monoisotopic (exact) mass is 387 g/mol. The molecule has 6 atom stereocenters. The Labute approximate surface area is 154 Å². The van der Waals surface area contributed by atoms with Gasteiger partial charge in [0.2, 0.25) is 0 Å². The first-order chi connectivity index (χ1) is 12.2. The van der Waals surface area contributed by atoms with Crippen molar-refractivity contribution in [2.75, 3.05) is 20.8 Å². The highest BCUT2D eigenvalue weighted by Crippen LogP contribution is 2.24. The molecule has 7 N–H and O–H groups in total. The molecule has 0 aromatic carbocycles. The molecule has 0 spiro atoms. The fraction of sp³-hybridized carbons (Fsp3) is 0.938. The molecule has 8 nitrogen and oxygen atoms in total. The zero-order chi connectivity index (χ0) is 21.1. The molecule has 1 aliphatic rings. The van der Waals surface area contributed by atoms with Gasteiger partial charge in [0.1, 0.15) is 18.3 Å². The van der Waals surface area contributed by atoms with E-state index in [4.69, 9.17) is 20.9 Å². The number of hydrogen-bond donors (Lipinski definition) is 5. The first kappa shape index (κ1) is 27.3. The normalized spacial score (nSPS) is 29.5. The number of carbonyl (C=O) groups excluding carboxylic acids is 1. The molecule has 2 unspecified atom stereocenters. The number of aliphatic hydroxyl groups excluding tert-OH is 2. The van der Waals surface area contributed by atoms with Crippen molar-refractivity contribution in [3.05, 3.63) is 0 Å². The Bertz CT molecular complexity index is 391. The third kappa shape index (κ3) is 7.01. The number of amides is 1. The molecule has 1 amide bonds. The summed E-state index contributed by atoms with van der Waals surface area (Å²) < 4.78 is 36.7. The van der Waals surface area contributed by atoms with E-state index in [1.807, 2.05) is 27.7 Å². The van der Waals surface area contributed by atoms with Gasteiger partial charge in [0.15, 0.2) is 6.10 Å². The molecule has 158 valence electrons. The Balaban J connectivity index is 0. The number of nitrogens with one attached hydrogen (secondary N) is 1. The SMILES string of the molecule is CC.CC.CO[C@H]1[C@H](OC)C(O)[C@H](NC(=O)C(O)C(F)(F)CN)C[C@@H]1N. The number of carbonyl (C=O) groups is 1. The van der Waals surface area contributed by atoms with E-state index >= 15 is 0 Å². The van der Waals surface area contributed by atoms with Crippen LogP contribution in [0, 0.1) is 0 Å². The maximum absolute atomic E-state index is 13.2. The summed E-state index contributed by atoms with van der Waals surface area (Å²) in [6.45, 7) is 6.82. The van der Waals surface area contributed by atoms with Crippen molar-refractivity contribution in [3.63, 3.8) is 0 Å². The average Bonchev–Trinajstić information content (AvgIpc) is 2.66. The van der Waals surface area contributed by atoms with Crippen LogP contribution in [0.3, 0.4) is 0 Å². The standard InChI is InChI=1S/C12H23F2N3O5.2C2H6/c1-21-8-5(16)3-6(7(18)9(8)22-2)17-11(20)10(19)12(13,14)4-15;2*1-2/h5-10,18-19H,3-4,15-16H2,1-2H3,(H,17,20);2*1-2H3/t5-,6+,7?,8+,9+,10?;;/m0../s1. The Morgan fingerprint density at radius 1 is 1.23 bits per heavy atom. The van der Waals surface area contributed by atoms with E-state index in [-0.39, 0.29) is 6.42 Å².